The number of methoxy groups -OCH3 is 1. The van der Waals surface area contributed by atoms with E-state index in [0.29, 0.717) is 23.4 Å². The Labute approximate surface area is 181 Å². The summed E-state index contributed by atoms with van der Waals surface area (Å²) in [6.45, 7) is 1.87. The molecule has 0 unspecified atom stereocenters. The molecule has 0 radical (unpaired) electrons. The van der Waals surface area contributed by atoms with Gasteiger partial charge in [-0.05, 0) is 48.9 Å². The highest BCUT2D eigenvalue weighted by Gasteiger charge is 2.18. The molecule has 0 aliphatic heterocycles. The summed E-state index contributed by atoms with van der Waals surface area (Å²) in [4.78, 5) is 14.2. The fourth-order valence-corrected chi connectivity index (χ4v) is 4.11. The number of nitrogens with zero attached hydrogens (tertiary/aromatic N) is 1. The number of aryl methyl sites for hydroxylation is 1. The van der Waals surface area contributed by atoms with Crippen LogP contribution in [0.15, 0.2) is 71.6 Å². The topological polar surface area (TPSA) is 75.7 Å². The van der Waals surface area contributed by atoms with E-state index in [0.717, 1.165) is 11.6 Å². The van der Waals surface area contributed by atoms with Crippen LogP contribution < -0.4 is 9.46 Å². The summed E-state index contributed by atoms with van der Waals surface area (Å²) in [6, 6.07) is 17.2. The van der Waals surface area contributed by atoms with Crippen molar-refractivity contribution in [1.29, 1.82) is 0 Å². The van der Waals surface area contributed by atoms with Crippen LogP contribution in [0, 0.1) is 12.7 Å². The van der Waals surface area contributed by atoms with Gasteiger partial charge in [-0.25, -0.2) is 12.8 Å². The fourth-order valence-electron chi connectivity index (χ4n) is 3.05. The highest BCUT2D eigenvalue weighted by molar-refractivity contribution is 7.92. The molecule has 1 amide bonds. The van der Waals surface area contributed by atoms with Crippen molar-refractivity contribution in [3.8, 4) is 5.75 Å². The van der Waals surface area contributed by atoms with Gasteiger partial charge in [-0.1, -0.05) is 30.3 Å². The molecule has 31 heavy (non-hydrogen) atoms. The van der Waals surface area contributed by atoms with Crippen LogP contribution >= 0.6 is 0 Å². The number of nitrogens with one attached hydrogen (secondary N) is 1. The van der Waals surface area contributed by atoms with Gasteiger partial charge in [0.2, 0.25) is 0 Å². The molecule has 0 heterocycles. The fraction of sp³-hybridized carbons (Fsp3) is 0.174. The highest BCUT2D eigenvalue weighted by atomic mass is 32.2. The van der Waals surface area contributed by atoms with Crippen molar-refractivity contribution in [2.24, 2.45) is 0 Å². The average Bonchev–Trinajstić information content (AvgIpc) is 2.75. The van der Waals surface area contributed by atoms with E-state index < -0.39 is 15.8 Å². The second kappa shape index (κ2) is 9.18. The van der Waals surface area contributed by atoms with E-state index in [1.807, 2.05) is 24.3 Å². The molecule has 3 aromatic carbocycles. The summed E-state index contributed by atoms with van der Waals surface area (Å²) in [5, 5.41) is 0. The molecular weight excluding hydrogens is 419 g/mol. The van der Waals surface area contributed by atoms with E-state index in [1.54, 1.807) is 33.2 Å². The molecule has 0 bridgehead atoms. The van der Waals surface area contributed by atoms with Gasteiger partial charge in [0.1, 0.15) is 11.6 Å². The van der Waals surface area contributed by atoms with Crippen LogP contribution in [0.4, 0.5) is 10.1 Å². The summed E-state index contributed by atoms with van der Waals surface area (Å²) in [5.41, 5.74) is 1.72. The number of anilines is 1. The number of sulfonamides is 1. The summed E-state index contributed by atoms with van der Waals surface area (Å²) < 4.78 is 46.7. The number of hydrogen-bond donors (Lipinski definition) is 1. The van der Waals surface area contributed by atoms with E-state index in [1.165, 1.54) is 29.2 Å². The van der Waals surface area contributed by atoms with Crippen molar-refractivity contribution in [2.45, 2.75) is 18.4 Å². The number of rotatable bonds is 7. The zero-order chi connectivity index (χ0) is 22.6. The lowest BCUT2D eigenvalue weighted by molar-refractivity contribution is 0.0784. The van der Waals surface area contributed by atoms with Gasteiger partial charge < -0.3 is 9.64 Å². The minimum Gasteiger partial charge on any atom is -0.496 e. The second-order valence-electron chi connectivity index (χ2n) is 7.07. The second-order valence-corrected chi connectivity index (χ2v) is 8.75. The van der Waals surface area contributed by atoms with E-state index in [9.17, 15) is 17.6 Å². The minimum atomic E-state index is -4.00. The standard InChI is InChI=1S/C23H23FN2O4S/c1-16-11-12-20(14-21(16)24)31(28,29)25-19-9-6-8-17(13-19)23(27)26(2)15-18-7-4-5-10-22(18)30-3/h4-14,25H,15H2,1-3H3. The van der Waals surface area contributed by atoms with Crippen molar-refractivity contribution in [1.82, 2.24) is 4.90 Å². The molecular formula is C23H23FN2O4S. The molecule has 6 nitrogen and oxygen atoms in total. The maximum absolute atomic E-state index is 13.8. The van der Waals surface area contributed by atoms with E-state index in [4.69, 9.17) is 4.74 Å². The first-order chi connectivity index (χ1) is 14.7. The van der Waals surface area contributed by atoms with E-state index in [-0.39, 0.29) is 16.5 Å². The lowest BCUT2D eigenvalue weighted by Crippen LogP contribution is -2.26. The SMILES string of the molecule is COc1ccccc1CN(C)C(=O)c1cccc(NS(=O)(=O)c2ccc(C)c(F)c2)c1. The third kappa shape index (κ3) is 5.21. The number of amides is 1. The molecule has 1 N–H and O–H groups in total. The van der Waals surface area contributed by atoms with Crippen LogP contribution in [-0.2, 0) is 16.6 Å². The molecule has 3 aromatic rings. The van der Waals surface area contributed by atoms with Crippen LogP contribution in [0.3, 0.4) is 0 Å². The first-order valence-electron chi connectivity index (χ1n) is 9.47. The molecule has 0 aromatic heterocycles. The van der Waals surface area contributed by atoms with Crippen molar-refractivity contribution < 1.29 is 22.3 Å². The predicted octanol–water partition coefficient (Wildman–Crippen LogP) is 4.22. The summed E-state index contributed by atoms with van der Waals surface area (Å²) in [7, 11) is -0.785. The predicted molar refractivity (Wildman–Crippen MR) is 117 cm³/mol. The Bertz CT molecular complexity index is 1210. The summed E-state index contributed by atoms with van der Waals surface area (Å²) in [5.74, 6) is -0.216. The monoisotopic (exact) mass is 442 g/mol. The zero-order valence-electron chi connectivity index (χ0n) is 17.4. The summed E-state index contributed by atoms with van der Waals surface area (Å²) >= 11 is 0. The molecule has 3 rings (SSSR count). The molecule has 0 saturated carbocycles. The Morgan fingerprint density at radius 1 is 1.06 bits per heavy atom. The number of hydrogen-bond acceptors (Lipinski definition) is 4. The van der Waals surface area contributed by atoms with Gasteiger partial charge in [0, 0.05) is 30.4 Å². The number of halogens is 1. The van der Waals surface area contributed by atoms with Gasteiger partial charge in [0.15, 0.2) is 0 Å². The lowest BCUT2D eigenvalue weighted by atomic mass is 10.1. The Hall–Kier alpha value is -3.39. The van der Waals surface area contributed by atoms with Gasteiger partial charge >= 0.3 is 0 Å². The Morgan fingerprint density at radius 2 is 1.81 bits per heavy atom. The average molecular weight is 443 g/mol. The van der Waals surface area contributed by atoms with Crippen LogP contribution in [0.2, 0.25) is 0 Å². The highest BCUT2D eigenvalue weighted by Crippen LogP contribution is 2.22. The van der Waals surface area contributed by atoms with Crippen LogP contribution in [0.5, 0.6) is 5.75 Å². The Kier molecular flexibility index (Phi) is 6.60. The minimum absolute atomic E-state index is 0.194. The molecule has 0 aliphatic rings. The largest absolute Gasteiger partial charge is 0.496 e. The third-order valence-electron chi connectivity index (χ3n) is 4.76. The summed E-state index contributed by atoms with van der Waals surface area (Å²) in [6.07, 6.45) is 0. The van der Waals surface area contributed by atoms with Gasteiger partial charge in [-0.15, -0.1) is 0 Å². The number of ether oxygens (including phenoxy) is 1. The van der Waals surface area contributed by atoms with Gasteiger partial charge in [-0.3, -0.25) is 9.52 Å². The quantitative estimate of drug-likeness (QED) is 0.595. The van der Waals surface area contributed by atoms with Crippen molar-refractivity contribution in [3.63, 3.8) is 0 Å². The molecule has 0 atom stereocenters. The normalized spacial score (nSPS) is 11.1. The van der Waals surface area contributed by atoms with Crippen LogP contribution in [0.25, 0.3) is 0 Å². The van der Waals surface area contributed by atoms with E-state index >= 15 is 0 Å². The van der Waals surface area contributed by atoms with Crippen LogP contribution in [-0.4, -0.2) is 33.4 Å². The van der Waals surface area contributed by atoms with Gasteiger partial charge in [0.05, 0.1) is 12.0 Å². The van der Waals surface area contributed by atoms with Gasteiger partial charge in [0.25, 0.3) is 15.9 Å². The number of carbonyl (C=O) groups excluding carboxylic acids is 1. The molecule has 8 heteroatoms. The smallest absolute Gasteiger partial charge is 0.261 e. The first kappa shape index (κ1) is 22.3. The first-order valence-corrected chi connectivity index (χ1v) is 11.0. The molecule has 0 aliphatic carbocycles. The molecule has 162 valence electrons. The zero-order valence-corrected chi connectivity index (χ0v) is 18.2. The maximum Gasteiger partial charge on any atom is 0.261 e. The molecule has 0 fully saturated rings. The third-order valence-corrected chi connectivity index (χ3v) is 6.14. The lowest BCUT2D eigenvalue weighted by Gasteiger charge is -2.19. The van der Waals surface area contributed by atoms with E-state index in [2.05, 4.69) is 4.72 Å². The number of para-hydroxylation sites is 1. The number of carbonyl (C=O) groups is 1. The Morgan fingerprint density at radius 3 is 2.52 bits per heavy atom. The van der Waals surface area contributed by atoms with Crippen molar-refractivity contribution in [2.75, 3.05) is 18.9 Å². The Balaban J connectivity index is 1.79. The van der Waals surface area contributed by atoms with Crippen molar-refractivity contribution >= 4 is 21.6 Å². The van der Waals surface area contributed by atoms with Crippen molar-refractivity contribution in [3.05, 3.63) is 89.2 Å². The maximum atomic E-state index is 13.8. The number of benzene rings is 3. The molecule has 0 spiro atoms. The molecule has 0 saturated heterocycles. The van der Waals surface area contributed by atoms with Crippen LogP contribution in [0.1, 0.15) is 21.5 Å². The van der Waals surface area contributed by atoms with Gasteiger partial charge in [-0.2, -0.15) is 0 Å².